The van der Waals surface area contributed by atoms with Crippen molar-refractivity contribution in [2.24, 2.45) is 0 Å². The molecule has 0 radical (unpaired) electrons. The first-order valence-corrected chi connectivity index (χ1v) is 11.6. The molecule has 0 unspecified atom stereocenters. The zero-order chi connectivity index (χ0) is 22.6. The third-order valence-corrected chi connectivity index (χ3v) is 7.47. The zero-order valence-corrected chi connectivity index (χ0v) is 18.7. The van der Waals surface area contributed by atoms with Crippen molar-refractivity contribution in [1.82, 2.24) is 9.21 Å². The summed E-state index contributed by atoms with van der Waals surface area (Å²) in [6.07, 6.45) is 0.124. The van der Waals surface area contributed by atoms with Crippen LogP contribution >= 0.6 is 23.2 Å². The van der Waals surface area contributed by atoms with Crippen molar-refractivity contribution in [2.75, 3.05) is 38.0 Å². The van der Waals surface area contributed by atoms with Gasteiger partial charge in [-0.3, -0.25) is 14.9 Å². The molecule has 0 bridgehead atoms. The molecule has 0 aromatic heterocycles. The molecular weight excluding hydrogens is 467 g/mol. The fraction of sp³-hybridized carbons (Fsp3) is 0.316. The fourth-order valence-corrected chi connectivity index (χ4v) is 5.40. The molecule has 166 valence electrons. The monoisotopic (exact) mass is 486 g/mol. The number of hydrogen-bond acceptors (Lipinski definition) is 6. The van der Waals surface area contributed by atoms with Crippen molar-refractivity contribution in [2.45, 2.75) is 11.3 Å². The van der Waals surface area contributed by atoms with Gasteiger partial charge in [0.15, 0.2) is 0 Å². The van der Waals surface area contributed by atoms with Gasteiger partial charge >= 0.3 is 0 Å². The quantitative estimate of drug-likeness (QED) is 0.474. The van der Waals surface area contributed by atoms with Crippen LogP contribution in [0.4, 0.5) is 11.4 Å². The highest BCUT2D eigenvalue weighted by Gasteiger charge is 2.31. The third kappa shape index (κ3) is 5.45. The summed E-state index contributed by atoms with van der Waals surface area (Å²) in [5, 5.41) is 14.3. The highest BCUT2D eigenvalue weighted by molar-refractivity contribution is 7.89. The summed E-state index contributed by atoms with van der Waals surface area (Å²) < 4.78 is 27.0. The minimum Gasteiger partial charge on any atom is -0.379 e. The largest absolute Gasteiger partial charge is 0.379 e. The highest BCUT2D eigenvalue weighted by Crippen LogP contribution is 2.28. The number of nitro groups is 1. The lowest BCUT2D eigenvalue weighted by molar-refractivity contribution is -0.384. The first-order chi connectivity index (χ1) is 14.7. The van der Waals surface area contributed by atoms with Gasteiger partial charge in [-0.2, -0.15) is 4.31 Å². The van der Waals surface area contributed by atoms with E-state index in [9.17, 15) is 23.3 Å². The Morgan fingerprint density at radius 3 is 2.45 bits per heavy atom. The number of nitrogens with one attached hydrogen (secondary N) is 1. The van der Waals surface area contributed by atoms with Gasteiger partial charge in [-0.15, -0.1) is 0 Å². The number of carbonyl (C=O) groups excluding carboxylic acids is 1. The molecule has 0 aliphatic carbocycles. The number of amides is 1. The van der Waals surface area contributed by atoms with Crippen LogP contribution in [0.15, 0.2) is 47.4 Å². The summed E-state index contributed by atoms with van der Waals surface area (Å²) >= 11 is 11.9. The molecule has 0 spiro atoms. The Balaban J connectivity index is 1.54. The van der Waals surface area contributed by atoms with Crippen LogP contribution < -0.4 is 5.32 Å². The van der Waals surface area contributed by atoms with Gasteiger partial charge in [-0.05, 0) is 24.3 Å². The standard InChI is InChI=1S/C19H20Cl2N4O5S/c20-14-5-6-15(21)18(13-14)31(29,30)24-11-9-23(10-12-24)19(26)7-8-22-16-3-1-2-4-17(16)25(27)28/h1-6,13,22H,7-12H2. The van der Waals surface area contributed by atoms with Crippen molar-refractivity contribution in [3.05, 3.63) is 62.6 Å². The van der Waals surface area contributed by atoms with E-state index in [-0.39, 0.29) is 65.7 Å². The number of nitro benzene ring substituents is 1. The van der Waals surface area contributed by atoms with Crippen LogP contribution in [0.25, 0.3) is 0 Å². The molecule has 3 rings (SSSR count). The molecule has 31 heavy (non-hydrogen) atoms. The Morgan fingerprint density at radius 1 is 1.10 bits per heavy atom. The van der Waals surface area contributed by atoms with Crippen LogP contribution in [-0.2, 0) is 14.8 Å². The summed E-state index contributed by atoms with van der Waals surface area (Å²) in [7, 11) is -3.83. The maximum absolute atomic E-state index is 12.9. The van der Waals surface area contributed by atoms with Gasteiger partial charge in [0, 0.05) is 50.2 Å². The Hall–Kier alpha value is -2.40. The number of piperazine rings is 1. The lowest BCUT2D eigenvalue weighted by atomic mass is 10.2. The lowest BCUT2D eigenvalue weighted by Gasteiger charge is -2.34. The van der Waals surface area contributed by atoms with Gasteiger partial charge < -0.3 is 10.2 Å². The van der Waals surface area contributed by atoms with Gasteiger partial charge in [0.05, 0.1) is 9.95 Å². The molecule has 9 nitrogen and oxygen atoms in total. The number of anilines is 1. The Labute approximate surface area is 189 Å². The fourth-order valence-electron chi connectivity index (χ4n) is 3.24. The van der Waals surface area contributed by atoms with Crippen LogP contribution in [0, 0.1) is 10.1 Å². The third-order valence-electron chi connectivity index (χ3n) is 4.86. The molecule has 2 aromatic carbocycles. The highest BCUT2D eigenvalue weighted by atomic mass is 35.5. The second-order valence-corrected chi connectivity index (χ2v) is 9.56. The average Bonchev–Trinajstić information content (AvgIpc) is 2.75. The van der Waals surface area contributed by atoms with Crippen molar-refractivity contribution in [3.63, 3.8) is 0 Å². The molecule has 1 fully saturated rings. The second-order valence-electron chi connectivity index (χ2n) is 6.81. The number of sulfonamides is 1. The van der Waals surface area contributed by atoms with Crippen molar-refractivity contribution in [1.29, 1.82) is 0 Å². The van der Waals surface area contributed by atoms with E-state index in [1.807, 2.05) is 0 Å². The molecule has 1 aliphatic heterocycles. The summed E-state index contributed by atoms with van der Waals surface area (Å²) in [6, 6.07) is 10.5. The molecular formula is C19H20Cl2N4O5S. The van der Waals surface area contributed by atoms with Gasteiger partial charge in [0.1, 0.15) is 10.6 Å². The predicted octanol–water partition coefficient (Wildman–Crippen LogP) is 3.24. The SMILES string of the molecule is O=C(CCNc1ccccc1[N+](=O)[O-])N1CCN(S(=O)(=O)c2cc(Cl)ccc2Cl)CC1. The minimum absolute atomic E-state index is 0.0601. The molecule has 2 aromatic rings. The second kappa shape index (κ2) is 9.82. The number of carbonyl (C=O) groups is 1. The van der Waals surface area contributed by atoms with Gasteiger partial charge in [-0.1, -0.05) is 35.3 Å². The normalized spacial score (nSPS) is 15.0. The van der Waals surface area contributed by atoms with E-state index in [0.29, 0.717) is 5.69 Å². The Bertz CT molecular complexity index is 1090. The topological polar surface area (TPSA) is 113 Å². The summed E-state index contributed by atoms with van der Waals surface area (Å²) in [6.45, 7) is 0.965. The molecule has 1 saturated heterocycles. The smallest absolute Gasteiger partial charge is 0.292 e. The van der Waals surface area contributed by atoms with Gasteiger partial charge in [0.25, 0.3) is 5.69 Å². The summed E-state index contributed by atoms with van der Waals surface area (Å²) in [5.74, 6) is -0.163. The molecule has 0 saturated carbocycles. The van der Waals surface area contributed by atoms with Crippen LogP contribution in [-0.4, -0.2) is 61.2 Å². The number of rotatable bonds is 7. The number of hydrogen-bond donors (Lipinski definition) is 1. The first kappa shape index (κ1) is 23.3. The molecule has 0 atom stereocenters. The zero-order valence-electron chi connectivity index (χ0n) is 16.3. The molecule has 1 heterocycles. The van der Waals surface area contributed by atoms with Crippen LogP contribution in [0.5, 0.6) is 0 Å². The Morgan fingerprint density at radius 2 is 1.77 bits per heavy atom. The van der Waals surface area contributed by atoms with Gasteiger partial charge in [0.2, 0.25) is 15.9 Å². The molecule has 1 N–H and O–H groups in total. The lowest BCUT2D eigenvalue weighted by Crippen LogP contribution is -2.50. The van der Waals surface area contributed by atoms with E-state index in [4.69, 9.17) is 23.2 Å². The maximum Gasteiger partial charge on any atom is 0.292 e. The summed E-state index contributed by atoms with van der Waals surface area (Å²) in [5.41, 5.74) is 0.281. The van der Waals surface area contributed by atoms with E-state index in [2.05, 4.69) is 5.32 Å². The minimum atomic E-state index is -3.83. The Kier molecular flexibility index (Phi) is 7.37. The van der Waals surface area contributed by atoms with Crippen LogP contribution in [0.3, 0.4) is 0 Å². The maximum atomic E-state index is 12.9. The van der Waals surface area contributed by atoms with Crippen molar-refractivity contribution < 1.29 is 18.1 Å². The van der Waals surface area contributed by atoms with E-state index in [1.165, 1.54) is 28.6 Å². The summed E-state index contributed by atoms with van der Waals surface area (Å²) in [4.78, 5) is 24.5. The predicted molar refractivity (Wildman–Crippen MR) is 118 cm³/mol. The number of benzene rings is 2. The van der Waals surface area contributed by atoms with E-state index in [1.54, 1.807) is 23.1 Å². The molecule has 1 aliphatic rings. The first-order valence-electron chi connectivity index (χ1n) is 9.40. The number of halogens is 2. The molecule has 1 amide bonds. The van der Waals surface area contributed by atoms with Crippen LogP contribution in [0.1, 0.15) is 6.42 Å². The molecule has 12 heteroatoms. The van der Waals surface area contributed by atoms with Crippen molar-refractivity contribution in [3.8, 4) is 0 Å². The van der Waals surface area contributed by atoms with E-state index in [0.717, 1.165) is 0 Å². The van der Waals surface area contributed by atoms with E-state index >= 15 is 0 Å². The van der Waals surface area contributed by atoms with E-state index < -0.39 is 14.9 Å². The van der Waals surface area contributed by atoms with Crippen LogP contribution in [0.2, 0.25) is 10.0 Å². The average molecular weight is 487 g/mol. The number of nitrogens with zero attached hydrogens (tertiary/aromatic N) is 3. The number of para-hydroxylation sites is 2. The van der Waals surface area contributed by atoms with Gasteiger partial charge in [-0.25, -0.2) is 8.42 Å². The van der Waals surface area contributed by atoms with Crippen molar-refractivity contribution >= 4 is 50.5 Å².